The van der Waals surface area contributed by atoms with Gasteiger partial charge in [-0.1, -0.05) is 31.4 Å². The zero-order valence-corrected chi connectivity index (χ0v) is 11.8. The van der Waals surface area contributed by atoms with Crippen LogP contribution in [0.15, 0.2) is 18.5 Å². The Morgan fingerprint density at radius 2 is 2.47 bits per heavy atom. The summed E-state index contributed by atoms with van der Waals surface area (Å²) in [6.45, 7) is 2.11. The van der Waals surface area contributed by atoms with Gasteiger partial charge in [-0.05, 0) is 24.8 Å². The highest BCUT2D eigenvalue weighted by molar-refractivity contribution is 6.33. The molecule has 0 saturated heterocycles. The van der Waals surface area contributed by atoms with Gasteiger partial charge >= 0.3 is 0 Å². The molecule has 0 bridgehead atoms. The van der Waals surface area contributed by atoms with Gasteiger partial charge in [0.05, 0.1) is 22.7 Å². The molecule has 2 unspecified atom stereocenters. The summed E-state index contributed by atoms with van der Waals surface area (Å²) in [6, 6.07) is 1.59. The van der Waals surface area contributed by atoms with Gasteiger partial charge in [0.2, 0.25) is 0 Å². The molecule has 1 aromatic rings. The van der Waals surface area contributed by atoms with Gasteiger partial charge in [-0.3, -0.25) is 9.78 Å². The number of amides is 1. The van der Waals surface area contributed by atoms with Gasteiger partial charge in [0.15, 0.2) is 0 Å². The first-order valence-electron chi connectivity index (χ1n) is 6.59. The van der Waals surface area contributed by atoms with E-state index in [4.69, 9.17) is 11.6 Å². The molecule has 4 nitrogen and oxygen atoms in total. The van der Waals surface area contributed by atoms with Crippen LogP contribution in [0, 0.1) is 5.92 Å². The molecule has 1 saturated carbocycles. The van der Waals surface area contributed by atoms with Gasteiger partial charge < -0.3 is 10.4 Å². The summed E-state index contributed by atoms with van der Waals surface area (Å²) >= 11 is 5.97. The molecule has 1 aromatic heterocycles. The third-order valence-corrected chi connectivity index (χ3v) is 4.09. The van der Waals surface area contributed by atoms with Crippen LogP contribution in [0.1, 0.15) is 43.0 Å². The lowest BCUT2D eigenvalue weighted by atomic mass is 9.76. The number of rotatable bonds is 3. The third-order valence-electron chi connectivity index (χ3n) is 3.79. The van der Waals surface area contributed by atoms with Crippen LogP contribution < -0.4 is 5.32 Å². The van der Waals surface area contributed by atoms with Crippen LogP contribution in [0.2, 0.25) is 5.02 Å². The summed E-state index contributed by atoms with van der Waals surface area (Å²) in [7, 11) is 0. The fourth-order valence-electron chi connectivity index (χ4n) is 2.82. The zero-order chi connectivity index (χ0) is 13.9. The van der Waals surface area contributed by atoms with Crippen LogP contribution >= 0.6 is 11.6 Å². The molecule has 19 heavy (non-hydrogen) atoms. The van der Waals surface area contributed by atoms with E-state index in [1.54, 1.807) is 6.07 Å². The molecule has 1 heterocycles. The summed E-state index contributed by atoms with van der Waals surface area (Å²) < 4.78 is 0. The molecule has 1 fully saturated rings. The molecular formula is C14H19ClN2O2. The molecule has 104 valence electrons. The van der Waals surface area contributed by atoms with Gasteiger partial charge in [0.25, 0.3) is 5.91 Å². The van der Waals surface area contributed by atoms with Gasteiger partial charge in [-0.2, -0.15) is 0 Å². The number of nitrogens with zero attached hydrogens (tertiary/aromatic N) is 1. The number of nitrogens with one attached hydrogen (secondary N) is 1. The number of carbonyl (C=O) groups is 1. The van der Waals surface area contributed by atoms with Crippen molar-refractivity contribution in [2.75, 3.05) is 6.61 Å². The van der Waals surface area contributed by atoms with E-state index in [1.807, 2.05) is 0 Å². The summed E-state index contributed by atoms with van der Waals surface area (Å²) in [6.07, 6.45) is 6.77. The summed E-state index contributed by atoms with van der Waals surface area (Å²) in [5.74, 6) is 0.268. The van der Waals surface area contributed by atoms with Crippen molar-refractivity contribution in [2.24, 2.45) is 5.92 Å². The number of aliphatic hydroxyl groups is 1. The Balaban J connectivity index is 2.14. The van der Waals surface area contributed by atoms with Crippen LogP contribution in [0.25, 0.3) is 0 Å². The predicted molar refractivity (Wildman–Crippen MR) is 74.2 cm³/mol. The molecule has 2 N–H and O–H groups in total. The van der Waals surface area contributed by atoms with E-state index < -0.39 is 5.54 Å². The number of pyridine rings is 1. The number of hydrogen-bond donors (Lipinski definition) is 2. The van der Waals surface area contributed by atoms with E-state index in [2.05, 4.69) is 17.2 Å². The average Bonchev–Trinajstić information content (AvgIpc) is 2.39. The maximum absolute atomic E-state index is 12.3. The molecule has 0 radical (unpaired) electrons. The molecular weight excluding hydrogens is 264 g/mol. The van der Waals surface area contributed by atoms with E-state index in [0.29, 0.717) is 16.5 Å². The maximum Gasteiger partial charge on any atom is 0.253 e. The normalized spacial score (nSPS) is 27.0. The Labute approximate surface area is 118 Å². The van der Waals surface area contributed by atoms with Gasteiger partial charge in [0, 0.05) is 12.4 Å². The van der Waals surface area contributed by atoms with E-state index in [-0.39, 0.29) is 12.5 Å². The van der Waals surface area contributed by atoms with E-state index >= 15 is 0 Å². The minimum atomic E-state index is -0.513. The van der Waals surface area contributed by atoms with Crippen LogP contribution in [0.5, 0.6) is 0 Å². The third kappa shape index (κ3) is 3.25. The van der Waals surface area contributed by atoms with Gasteiger partial charge in [0.1, 0.15) is 0 Å². The Bertz CT molecular complexity index is 467. The molecule has 5 heteroatoms. The minimum Gasteiger partial charge on any atom is -0.394 e. The highest BCUT2D eigenvalue weighted by atomic mass is 35.5. The van der Waals surface area contributed by atoms with Gasteiger partial charge in [-0.25, -0.2) is 0 Å². The second-order valence-electron chi connectivity index (χ2n) is 5.45. The second-order valence-corrected chi connectivity index (χ2v) is 5.86. The maximum atomic E-state index is 12.3. The number of aliphatic hydroxyl groups excluding tert-OH is 1. The van der Waals surface area contributed by atoms with Crippen molar-refractivity contribution >= 4 is 17.5 Å². The Hall–Kier alpha value is -1.13. The Morgan fingerprint density at radius 3 is 3.11 bits per heavy atom. The van der Waals surface area contributed by atoms with Crippen molar-refractivity contribution in [3.8, 4) is 0 Å². The average molecular weight is 283 g/mol. The van der Waals surface area contributed by atoms with Crippen LogP contribution in [-0.2, 0) is 0 Å². The monoisotopic (exact) mass is 282 g/mol. The number of carbonyl (C=O) groups excluding carboxylic acids is 1. The standard InChI is InChI=1S/C14H19ClN2O2/c1-10-3-2-5-14(7-10,9-18)17-13(19)11-4-6-16-8-12(11)15/h4,6,8,10,18H,2-3,5,7,9H2,1H3,(H,17,19). The second kappa shape index (κ2) is 5.88. The molecule has 2 atom stereocenters. The zero-order valence-electron chi connectivity index (χ0n) is 11.0. The lowest BCUT2D eigenvalue weighted by molar-refractivity contribution is 0.0697. The van der Waals surface area contributed by atoms with Crippen molar-refractivity contribution in [1.82, 2.24) is 10.3 Å². The van der Waals surface area contributed by atoms with Crippen molar-refractivity contribution in [3.05, 3.63) is 29.0 Å². The van der Waals surface area contributed by atoms with Crippen molar-refractivity contribution < 1.29 is 9.90 Å². The van der Waals surface area contributed by atoms with Crippen molar-refractivity contribution in [1.29, 1.82) is 0 Å². The molecule has 1 aliphatic carbocycles. The quantitative estimate of drug-likeness (QED) is 0.895. The van der Waals surface area contributed by atoms with E-state index in [0.717, 1.165) is 25.7 Å². The lowest BCUT2D eigenvalue weighted by Gasteiger charge is -2.39. The fourth-order valence-corrected chi connectivity index (χ4v) is 3.03. The van der Waals surface area contributed by atoms with Crippen molar-refractivity contribution in [3.63, 3.8) is 0 Å². The summed E-state index contributed by atoms with van der Waals surface area (Å²) in [5, 5.41) is 13.0. The smallest absolute Gasteiger partial charge is 0.253 e. The van der Waals surface area contributed by atoms with Crippen LogP contribution in [0.3, 0.4) is 0 Å². The minimum absolute atomic E-state index is 0.0359. The number of hydrogen-bond acceptors (Lipinski definition) is 3. The highest BCUT2D eigenvalue weighted by Crippen LogP contribution is 2.32. The molecule has 1 amide bonds. The highest BCUT2D eigenvalue weighted by Gasteiger charge is 2.36. The van der Waals surface area contributed by atoms with Crippen LogP contribution in [0.4, 0.5) is 0 Å². The first-order chi connectivity index (χ1) is 9.06. The van der Waals surface area contributed by atoms with E-state index in [1.165, 1.54) is 12.4 Å². The molecule has 2 rings (SSSR count). The topological polar surface area (TPSA) is 62.2 Å². The largest absolute Gasteiger partial charge is 0.394 e. The van der Waals surface area contributed by atoms with E-state index in [9.17, 15) is 9.90 Å². The molecule has 0 spiro atoms. The SMILES string of the molecule is CC1CCCC(CO)(NC(=O)c2ccncc2Cl)C1. The molecule has 0 aromatic carbocycles. The molecule has 1 aliphatic rings. The summed E-state index contributed by atoms with van der Waals surface area (Å²) in [5.41, 5.74) is -0.107. The molecule has 0 aliphatic heterocycles. The predicted octanol–water partition coefficient (Wildman–Crippen LogP) is 2.41. The Kier molecular flexibility index (Phi) is 4.42. The number of halogens is 1. The first-order valence-corrected chi connectivity index (χ1v) is 6.97. The van der Waals surface area contributed by atoms with Crippen LogP contribution in [-0.4, -0.2) is 28.1 Å². The van der Waals surface area contributed by atoms with Crippen molar-refractivity contribution in [2.45, 2.75) is 38.1 Å². The summed E-state index contributed by atoms with van der Waals surface area (Å²) in [4.78, 5) is 16.1. The number of aromatic nitrogens is 1. The van der Waals surface area contributed by atoms with Gasteiger partial charge in [-0.15, -0.1) is 0 Å². The first kappa shape index (κ1) is 14.3. The lowest BCUT2D eigenvalue weighted by Crippen LogP contribution is -2.53. The fraction of sp³-hybridized carbons (Fsp3) is 0.571. The Morgan fingerprint density at radius 1 is 1.68 bits per heavy atom.